The van der Waals surface area contributed by atoms with Gasteiger partial charge in [-0.25, -0.2) is 0 Å². The number of aliphatic hydroxyl groups is 4. The fourth-order valence-corrected chi connectivity index (χ4v) is 1.52. The van der Waals surface area contributed by atoms with Crippen molar-refractivity contribution in [2.75, 3.05) is 52.6 Å². The number of hydrogen-bond donors (Lipinski definition) is 4. The highest BCUT2D eigenvalue weighted by Crippen LogP contribution is 2.04. The Morgan fingerprint density at radius 2 is 0.786 bits per heavy atom. The molecule has 0 bridgehead atoms. The van der Waals surface area contributed by atoms with Gasteiger partial charge in [0.15, 0.2) is 0 Å². The van der Waals surface area contributed by atoms with Gasteiger partial charge in [0.1, 0.15) is 26.2 Å². The van der Waals surface area contributed by atoms with Gasteiger partial charge in [-0.1, -0.05) is 0 Å². The SMILES string of the molecule is OCC[N+](CCO)(CCO)CCO.[Br-]. The van der Waals surface area contributed by atoms with Crippen molar-refractivity contribution in [2.24, 2.45) is 0 Å². The average molecular weight is 274 g/mol. The molecular weight excluding hydrogens is 254 g/mol. The summed E-state index contributed by atoms with van der Waals surface area (Å²) in [6.07, 6.45) is 0. The third-order valence-corrected chi connectivity index (χ3v) is 2.30. The standard InChI is InChI=1S/C8H20NO4.BrH/c10-5-1-9(2-6-11,3-7-12)4-8-13;/h10-13H,1-8H2;1H/q+1;/p-1. The Balaban J connectivity index is 0. The van der Waals surface area contributed by atoms with E-state index < -0.39 is 0 Å². The summed E-state index contributed by atoms with van der Waals surface area (Å²) < 4.78 is 0.375. The maximum atomic E-state index is 8.82. The molecule has 0 aliphatic carbocycles. The Labute approximate surface area is 95.0 Å². The molecule has 0 aliphatic heterocycles. The second kappa shape index (κ2) is 9.82. The highest BCUT2D eigenvalue weighted by Gasteiger charge is 2.24. The monoisotopic (exact) mass is 273 g/mol. The van der Waals surface area contributed by atoms with Gasteiger partial charge in [-0.2, -0.15) is 0 Å². The van der Waals surface area contributed by atoms with Crippen LogP contribution >= 0.6 is 0 Å². The third kappa shape index (κ3) is 5.90. The molecule has 0 aromatic carbocycles. The van der Waals surface area contributed by atoms with Gasteiger partial charge in [0.25, 0.3) is 0 Å². The summed E-state index contributed by atoms with van der Waals surface area (Å²) in [7, 11) is 0. The van der Waals surface area contributed by atoms with Crippen LogP contribution < -0.4 is 17.0 Å². The van der Waals surface area contributed by atoms with E-state index in [4.69, 9.17) is 20.4 Å². The minimum atomic E-state index is 0. The molecule has 0 amide bonds. The Hall–Kier alpha value is 0.280. The first-order chi connectivity index (χ1) is 6.24. The molecule has 0 heterocycles. The molecule has 0 radical (unpaired) electrons. The van der Waals surface area contributed by atoms with Crippen LogP contribution in [0.1, 0.15) is 0 Å². The van der Waals surface area contributed by atoms with E-state index in [1.54, 1.807) is 0 Å². The van der Waals surface area contributed by atoms with Crippen LogP contribution in [-0.2, 0) is 0 Å². The van der Waals surface area contributed by atoms with E-state index >= 15 is 0 Å². The smallest absolute Gasteiger partial charge is 0.102 e. The highest BCUT2D eigenvalue weighted by atomic mass is 79.9. The normalized spacial score (nSPS) is 11.1. The van der Waals surface area contributed by atoms with Gasteiger partial charge < -0.3 is 41.9 Å². The lowest BCUT2D eigenvalue weighted by atomic mass is 10.3. The summed E-state index contributed by atoms with van der Waals surface area (Å²) >= 11 is 0. The Morgan fingerprint density at radius 1 is 0.571 bits per heavy atom. The minimum absolute atomic E-state index is 0. The van der Waals surface area contributed by atoms with Gasteiger partial charge >= 0.3 is 0 Å². The van der Waals surface area contributed by atoms with Crippen LogP contribution in [0, 0.1) is 0 Å². The second-order valence-electron chi connectivity index (χ2n) is 3.13. The third-order valence-electron chi connectivity index (χ3n) is 2.30. The van der Waals surface area contributed by atoms with E-state index in [0.29, 0.717) is 30.7 Å². The van der Waals surface area contributed by atoms with E-state index in [1.165, 1.54) is 0 Å². The zero-order valence-corrected chi connectivity index (χ0v) is 9.86. The van der Waals surface area contributed by atoms with Crippen LogP contribution in [0.25, 0.3) is 0 Å². The molecular formula is C8H20BrNO4. The molecule has 6 heteroatoms. The molecule has 0 aliphatic rings. The predicted octanol–water partition coefficient (Wildman–Crippen LogP) is -5.22. The molecule has 0 atom stereocenters. The summed E-state index contributed by atoms with van der Waals surface area (Å²) in [5.41, 5.74) is 0. The van der Waals surface area contributed by atoms with Crippen molar-refractivity contribution < 1.29 is 41.9 Å². The second-order valence-corrected chi connectivity index (χ2v) is 3.13. The van der Waals surface area contributed by atoms with Crippen LogP contribution in [-0.4, -0.2) is 77.5 Å². The summed E-state index contributed by atoms with van der Waals surface area (Å²) in [5, 5.41) is 35.3. The quantitative estimate of drug-likeness (QED) is 0.334. The fraction of sp³-hybridized carbons (Fsp3) is 1.00. The largest absolute Gasteiger partial charge is 1.00 e. The molecule has 14 heavy (non-hydrogen) atoms. The molecule has 0 aromatic rings. The van der Waals surface area contributed by atoms with Gasteiger partial charge in [-0.05, 0) is 0 Å². The van der Waals surface area contributed by atoms with Crippen molar-refractivity contribution in [1.29, 1.82) is 0 Å². The van der Waals surface area contributed by atoms with Gasteiger partial charge in [-0.15, -0.1) is 0 Å². The number of aliphatic hydroxyl groups excluding tert-OH is 4. The average Bonchev–Trinajstić information content (AvgIpc) is 2.06. The molecule has 0 rings (SSSR count). The van der Waals surface area contributed by atoms with E-state index in [2.05, 4.69) is 0 Å². The zero-order chi connectivity index (χ0) is 10.2. The van der Waals surface area contributed by atoms with E-state index in [0.717, 1.165) is 0 Å². The molecule has 0 spiro atoms. The summed E-state index contributed by atoms with van der Waals surface area (Å²) in [6.45, 7) is 1.84. The number of rotatable bonds is 8. The molecule has 88 valence electrons. The van der Waals surface area contributed by atoms with Gasteiger partial charge in [-0.3, -0.25) is 0 Å². The van der Waals surface area contributed by atoms with E-state index in [9.17, 15) is 0 Å². The first kappa shape index (κ1) is 16.7. The van der Waals surface area contributed by atoms with Crippen LogP contribution in [0.5, 0.6) is 0 Å². The molecule has 0 saturated heterocycles. The molecule has 0 unspecified atom stereocenters. The Kier molecular flexibility index (Phi) is 11.7. The van der Waals surface area contributed by atoms with Crippen molar-refractivity contribution in [3.63, 3.8) is 0 Å². The summed E-state index contributed by atoms with van der Waals surface area (Å²) in [6, 6.07) is 0. The Bertz CT molecular complexity index is 96.4. The molecule has 0 saturated carbocycles. The maximum absolute atomic E-state index is 8.82. The summed E-state index contributed by atoms with van der Waals surface area (Å²) in [5.74, 6) is 0. The molecule has 0 fully saturated rings. The fourth-order valence-electron chi connectivity index (χ4n) is 1.52. The number of hydrogen-bond acceptors (Lipinski definition) is 4. The van der Waals surface area contributed by atoms with Gasteiger partial charge in [0.2, 0.25) is 0 Å². The van der Waals surface area contributed by atoms with E-state index in [-0.39, 0.29) is 43.4 Å². The number of quaternary nitrogens is 1. The topological polar surface area (TPSA) is 80.9 Å². The molecule has 4 N–H and O–H groups in total. The van der Waals surface area contributed by atoms with Crippen molar-refractivity contribution >= 4 is 0 Å². The minimum Gasteiger partial charge on any atom is -1.00 e. The first-order valence-electron chi connectivity index (χ1n) is 4.53. The lowest BCUT2D eigenvalue weighted by Crippen LogP contribution is -3.00. The Morgan fingerprint density at radius 3 is 0.929 bits per heavy atom. The molecule has 5 nitrogen and oxygen atoms in total. The van der Waals surface area contributed by atoms with Crippen LogP contribution in [0.15, 0.2) is 0 Å². The lowest BCUT2D eigenvalue weighted by molar-refractivity contribution is -0.929. The van der Waals surface area contributed by atoms with Crippen LogP contribution in [0.4, 0.5) is 0 Å². The predicted molar refractivity (Wildman–Crippen MR) is 48.1 cm³/mol. The van der Waals surface area contributed by atoms with Crippen molar-refractivity contribution in [3.8, 4) is 0 Å². The van der Waals surface area contributed by atoms with Crippen LogP contribution in [0.3, 0.4) is 0 Å². The maximum Gasteiger partial charge on any atom is 0.102 e. The molecule has 0 aromatic heterocycles. The van der Waals surface area contributed by atoms with Gasteiger partial charge in [0, 0.05) is 0 Å². The lowest BCUT2D eigenvalue weighted by Gasteiger charge is -2.36. The number of halogens is 1. The highest BCUT2D eigenvalue weighted by molar-refractivity contribution is 4.44. The number of nitrogens with zero attached hydrogens (tertiary/aromatic N) is 1. The van der Waals surface area contributed by atoms with Crippen LogP contribution in [0.2, 0.25) is 0 Å². The zero-order valence-electron chi connectivity index (χ0n) is 8.27. The van der Waals surface area contributed by atoms with Gasteiger partial charge in [0.05, 0.1) is 26.4 Å². The van der Waals surface area contributed by atoms with E-state index in [1.807, 2.05) is 0 Å². The van der Waals surface area contributed by atoms with Crippen molar-refractivity contribution in [2.45, 2.75) is 0 Å². The summed E-state index contributed by atoms with van der Waals surface area (Å²) in [4.78, 5) is 0. The van der Waals surface area contributed by atoms with Crippen molar-refractivity contribution in [1.82, 2.24) is 0 Å². The first-order valence-corrected chi connectivity index (χ1v) is 4.53. The van der Waals surface area contributed by atoms with Crippen molar-refractivity contribution in [3.05, 3.63) is 0 Å².